The molecule has 0 aliphatic carbocycles. The van der Waals surface area contributed by atoms with Gasteiger partial charge in [0.25, 0.3) is 0 Å². The Balaban J connectivity index is 1.57. The second-order valence-corrected chi connectivity index (χ2v) is 5.69. The zero-order valence-corrected chi connectivity index (χ0v) is 11.6. The number of hydrogen-bond donors (Lipinski definition) is 2. The maximum atomic E-state index is 5.09. The Labute approximate surface area is 113 Å². The van der Waals surface area contributed by atoms with E-state index < -0.39 is 0 Å². The molecule has 2 aliphatic rings. The first-order chi connectivity index (χ1) is 9.36. The molecule has 2 fully saturated rings. The quantitative estimate of drug-likeness (QED) is 0.589. The minimum absolute atomic E-state index is 0.661. The van der Waals surface area contributed by atoms with Crippen molar-refractivity contribution in [2.24, 2.45) is 0 Å². The molecule has 7 heteroatoms. The van der Waals surface area contributed by atoms with Crippen LogP contribution in [-0.4, -0.2) is 66.1 Å². The molecule has 1 aromatic rings. The highest BCUT2D eigenvalue weighted by Gasteiger charge is 2.37. The normalized spacial score (nSPS) is 30.5. The van der Waals surface area contributed by atoms with Crippen molar-refractivity contribution in [3.05, 3.63) is 5.82 Å². The van der Waals surface area contributed by atoms with Gasteiger partial charge in [0.15, 0.2) is 0 Å². The van der Waals surface area contributed by atoms with E-state index in [9.17, 15) is 0 Å². The lowest BCUT2D eigenvalue weighted by Crippen LogP contribution is -3.29. The fourth-order valence-electron chi connectivity index (χ4n) is 3.43. The van der Waals surface area contributed by atoms with E-state index in [0.29, 0.717) is 6.61 Å². The summed E-state index contributed by atoms with van der Waals surface area (Å²) in [7, 11) is 1.71. The van der Waals surface area contributed by atoms with Gasteiger partial charge >= 0.3 is 0 Å². The second kappa shape index (κ2) is 5.94. The van der Waals surface area contributed by atoms with Crippen LogP contribution in [0.1, 0.15) is 18.7 Å². The SMILES string of the molecule is COCCn1nnnc1C[NH+]1CC[NH+]2CCC[C@@H]2C1. The van der Waals surface area contributed by atoms with Gasteiger partial charge in [-0.2, -0.15) is 0 Å². The third kappa shape index (κ3) is 2.93. The molecule has 0 spiro atoms. The number of ether oxygens (including phenoxy) is 1. The average Bonchev–Trinajstić information content (AvgIpc) is 3.05. The summed E-state index contributed by atoms with van der Waals surface area (Å²) in [6.07, 6.45) is 2.80. The minimum Gasteiger partial charge on any atom is -0.383 e. The first-order valence-corrected chi connectivity index (χ1v) is 7.29. The molecular formula is C12H24N6O+2. The lowest BCUT2D eigenvalue weighted by Gasteiger charge is -2.31. The minimum atomic E-state index is 0.661. The zero-order valence-electron chi connectivity index (χ0n) is 11.6. The van der Waals surface area contributed by atoms with Gasteiger partial charge in [-0.15, -0.1) is 5.10 Å². The number of hydrogen-bond acceptors (Lipinski definition) is 4. The van der Waals surface area contributed by atoms with Crippen LogP contribution in [0.4, 0.5) is 0 Å². The molecule has 106 valence electrons. The fourth-order valence-corrected chi connectivity index (χ4v) is 3.43. The summed E-state index contributed by atoms with van der Waals surface area (Å²) in [6, 6.07) is 0.868. The monoisotopic (exact) mass is 268 g/mol. The molecule has 2 saturated heterocycles. The summed E-state index contributed by atoms with van der Waals surface area (Å²) >= 11 is 0. The van der Waals surface area contributed by atoms with Gasteiger partial charge in [0.05, 0.1) is 19.7 Å². The maximum Gasteiger partial charge on any atom is 0.206 e. The lowest BCUT2D eigenvalue weighted by molar-refractivity contribution is -1.03. The first kappa shape index (κ1) is 13.0. The largest absolute Gasteiger partial charge is 0.383 e. The molecule has 2 unspecified atom stereocenters. The number of nitrogens with one attached hydrogen (secondary N) is 2. The Hall–Kier alpha value is -1.05. The molecule has 0 aromatic carbocycles. The van der Waals surface area contributed by atoms with E-state index in [1.807, 2.05) is 9.58 Å². The summed E-state index contributed by atoms with van der Waals surface area (Å²) in [5, 5.41) is 12.0. The van der Waals surface area contributed by atoms with Crippen LogP contribution < -0.4 is 9.80 Å². The van der Waals surface area contributed by atoms with Crippen molar-refractivity contribution < 1.29 is 14.5 Å². The van der Waals surface area contributed by atoms with Gasteiger partial charge in [-0.05, 0) is 10.4 Å². The zero-order chi connectivity index (χ0) is 13.1. The summed E-state index contributed by atoms with van der Waals surface area (Å²) in [5.41, 5.74) is 0. The van der Waals surface area contributed by atoms with Crippen LogP contribution in [-0.2, 0) is 17.8 Å². The van der Waals surface area contributed by atoms with Crippen molar-refractivity contribution in [3.63, 3.8) is 0 Å². The highest BCUT2D eigenvalue weighted by Crippen LogP contribution is 1.99. The standard InChI is InChI=1S/C12H22N6O/c1-19-8-7-18-12(13-14-15-18)10-16-5-6-17-4-2-3-11(17)9-16/h11H,2-10H2,1H3/p+2/t11-/m1/s1. The molecular weight excluding hydrogens is 244 g/mol. The maximum absolute atomic E-state index is 5.09. The van der Waals surface area contributed by atoms with E-state index in [-0.39, 0.29) is 0 Å². The number of nitrogens with zero attached hydrogens (tertiary/aromatic N) is 4. The van der Waals surface area contributed by atoms with Crippen molar-refractivity contribution in [1.82, 2.24) is 20.2 Å². The van der Waals surface area contributed by atoms with Crippen LogP contribution in [0.2, 0.25) is 0 Å². The number of quaternary nitrogens is 2. The van der Waals surface area contributed by atoms with Crippen molar-refractivity contribution >= 4 is 0 Å². The van der Waals surface area contributed by atoms with E-state index in [2.05, 4.69) is 15.5 Å². The molecule has 7 nitrogen and oxygen atoms in total. The summed E-state index contributed by atoms with van der Waals surface area (Å²) in [5.74, 6) is 0.994. The molecule has 19 heavy (non-hydrogen) atoms. The van der Waals surface area contributed by atoms with Gasteiger partial charge < -0.3 is 14.5 Å². The van der Waals surface area contributed by atoms with E-state index in [0.717, 1.165) is 25.0 Å². The molecule has 1 aromatic heterocycles. The first-order valence-electron chi connectivity index (χ1n) is 7.29. The molecule has 0 saturated carbocycles. The van der Waals surface area contributed by atoms with E-state index in [1.165, 1.54) is 39.0 Å². The van der Waals surface area contributed by atoms with Crippen LogP contribution >= 0.6 is 0 Å². The highest BCUT2D eigenvalue weighted by atomic mass is 16.5. The third-order valence-electron chi connectivity index (χ3n) is 4.48. The van der Waals surface area contributed by atoms with Gasteiger partial charge in [-0.1, -0.05) is 0 Å². The Morgan fingerprint density at radius 1 is 1.37 bits per heavy atom. The van der Waals surface area contributed by atoms with Crippen molar-refractivity contribution in [1.29, 1.82) is 0 Å². The second-order valence-electron chi connectivity index (χ2n) is 5.69. The number of tetrazole rings is 1. The Morgan fingerprint density at radius 2 is 2.32 bits per heavy atom. The van der Waals surface area contributed by atoms with Crippen molar-refractivity contribution in [3.8, 4) is 0 Å². The molecule has 0 amide bonds. The number of aromatic nitrogens is 4. The molecule has 0 radical (unpaired) electrons. The molecule has 3 atom stereocenters. The highest BCUT2D eigenvalue weighted by molar-refractivity contribution is 4.77. The smallest absolute Gasteiger partial charge is 0.206 e. The van der Waals surface area contributed by atoms with Crippen LogP contribution in [0.3, 0.4) is 0 Å². The average molecular weight is 268 g/mol. The van der Waals surface area contributed by atoms with Crippen LogP contribution in [0.5, 0.6) is 0 Å². The number of fused-ring (bicyclic) bond motifs is 1. The summed E-state index contributed by atoms with van der Waals surface area (Å²) < 4.78 is 6.97. The Bertz CT molecular complexity index is 409. The predicted molar refractivity (Wildman–Crippen MR) is 67.8 cm³/mol. The van der Waals surface area contributed by atoms with E-state index in [4.69, 9.17) is 4.74 Å². The van der Waals surface area contributed by atoms with Gasteiger partial charge in [-0.3, -0.25) is 0 Å². The van der Waals surface area contributed by atoms with Gasteiger partial charge in [0, 0.05) is 20.0 Å². The number of rotatable bonds is 5. The van der Waals surface area contributed by atoms with Crippen molar-refractivity contribution in [2.45, 2.75) is 32.0 Å². The van der Waals surface area contributed by atoms with Crippen LogP contribution in [0.25, 0.3) is 0 Å². The van der Waals surface area contributed by atoms with Gasteiger partial charge in [0.2, 0.25) is 5.82 Å². The lowest BCUT2D eigenvalue weighted by atomic mass is 10.1. The van der Waals surface area contributed by atoms with E-state index in [1.54, 1.807) is 12.0 Å². The molecule has 3 heterocycles. The fraction of sp³-hybridized carbons (Fsp3) is 0.917. The summed E-state index contributed by atoms with van der Waals surface area (Å²) in [6.45, 7) is 7.54. The molecule has 2 aliphatic heterocycles. The van der Waals surface area contributed by atoms with Gasteiger partial charge in [-0.25, -0.2) is 4.68 Å². The molecule has 3 rings (SSSR count). The van der Waals surface area contributed by atoms with E-state index >= 15 is 0 Å². The summed E-state index contributed by atoms with van der Waals surface area (Å²) in [4.78, 5) is 3.45. The number of methoxy groups -OCH3 is 1. The van der Waals surface area contributed by atoms with Gasteiger partial charge in [0.1, 0.15) is 32.2 Å². The Morgan fingerprint density at radius 3 is 3.21 bits per heavy atom. The van der Waals surface area contributed by atoms with Crippen LogP contribution in [0, 0.1) is 0 Å². The van der Waals surface area contributed by atoms with Crippen molar-refractivity contribution in [2.75, 3.05) is 39.9 Å². The third-order valence-corrected chi connectivity index (χ3v) is 4.48. The predicted octanol–water partition coefficient (Wildman–Crippen LogP) is -3.23. The topological polar surface area (TPSA) is 61.7 Å². The number of piperazine rings is 1. The van der Waals surface area contributed by atoms with Crippen LogP contribution in [0.15, 0.2) is 0 Å². The molecule has 0 bridgehead atoms. The Kier molecular flexibility index (Phi) is 4.05. The molecule has 2 N–H and O–H groups in total.